The molecule has 376 valence electrons. The molecule has 0 aliphatic rings. The van der Waals surface area contributed by atoms with Gasteiger partial charge in [-0.15, -0.1) is 0 Å². The van der Waals surface area contributed by atoms with Gasteiger partial charge in [0.15, 0.2) is 0 Å². The van der Waals surface area contributed by atoms with Crippen LogP contribution in [0, 0.1) is 13.8 Å². The van der Waals surface area contributed by atoms with E-state index in [1.54, 1.807) is 24.3 Å². The normalized spacial score (nSPS) is 12.2. The first-order valence-corrected chi connectivity index (χ1v) is 28.8. The average molecular weight is 1080 g/mol. The zero-order valence-electron chi connectivity index (χ0n) is 38.8. The molecule has 73 heavy (non-hydrogen) atoms. The zero-order valence-corrected chi connectivity index (χ0v) is 42.9. The summed E-state index contributed by atoms with van der Waals surface area (Å²) in [4.78, 5) is -2.29. The lowest BCUT2D eigenvalue weighted by atomic mass is 10.1. The maximum Gasteiger partial charge on any atom is 0.298 e. The van der Waals surface area contributed by atoms with Crippen LogP contribution in [0.1, 0.15) is 11.1 Å². The van der Waals surface area contributed by atoms with Gasteiger partial charge in [-0.2, -0.15) is 16.8 Å². The molecule has 0 unspecified atom stereocenters. The van der Waals surface area contributed by atoms with Crippen LogP contribution >= 0.6 is 0 Å². The summed E-state index contributed by atoms with van der Waals surface area (Å²) < 4.78 is 177. The largest absolute Gasteiger partial charge is 0.495 e. The van der Waals surface area contributed by atoms with Crippen LogP contribution in [0.5, 0.6) is 34.5 Å². The topological polar surface area (TPSA) is 248 Å². The van der Waals surface area contributed by atoms with Crippen LogP contribution in [0.3, 0.4) is 0 Å². The van der Waals surface area contributed by atoms with Gasteiger partial charge >= 0.3 is 0 Å². The standard InChI is InChI=1S/C52H42O16S5/c1-33-5-17-41(18-6-33)69(53,54)43-21-13-39(14-22-43)67-47-27-11-36(37-10-26-46(66-4)51(31-37)72(59,60)61)30-50(47)71(57,58)49-29-35(9-25-45(49)65-3)38-12-28-48(52(32-38)73(62,63)64)68-40-15-23-44(24-16-40)70(55,56)42-19-7-34(2)8-20-42/h5-32H,1-4H3,(H,59,60,61)(H,62,63,64). The number of aryl methyl sites for hydroxylation is 2. The number of hydrogen-bond donors (Lipinski definition) is 2. The van der Waals surface area contributed by atoms with Gasteiger partial charge in [0.25, 0.3) is 20.2 Å². The number of methoxy groups -OCH3 is 2. The quantitative estimate of drug-likeness (QED) is 0.0854. The Balaban J connectivity index is 1.18. The number of hydrogen-bond acceptors (Lipinski definition) is 14. The molecule has 0 saturated carbocycles. The van der Waals surface area contributed by atoms with E-state index in [9.17, 15) is 42.8 Å². The highest BCUT2D eigenvalue weighted by Crippen LogP contribution is 2.42. The number of rotatable bonds is 16. The lowest BCUT2D eigenvalue weighted by molar-refractivity contribution is 0.397. The van der Waals surface area contributed by atoms with Crippen LogP contribution in [-0.4, -0.2) is 65.4 Å². The molecule has 0 bridgehead atoms. The molecule has 0 aliphatic carbocycles. The second-order valence-electron chi connectivity index (χ2n) is 16.3. The minimum absolute atomic E-state index is 0.0191. The van der Waals surface area contributed by atoms with Crippen molar-refractivity contribution in [1.29, 1.82) is 0 Å². The smallest absolute Gasteiger partial charge is 0.298 e. The van der Waals surface area contributed by atoms with E-state index in [1.807, 2.05) is 13.8 Å². The highest BCUT2D eigenvalue weighted by atomic mass is 32.2. The summed E-state index contributed by atoms with van der Waals surface area (Å²) in [6, 6.07) is 38.3. The molecule has 0 heterocycles. The molecule has 8 aromatic carbocycles. The number of sulfone groups is 3. The monoisotopic (exact) mass is 1080 g/mol. The zero-order chi connectivity index (χ0) is 52.7. The van der Waals surface area contributed by atoms with Gasteiger partial charge in [-0.3, -0.25) is 9.11 Å². The van der Waals surface area contributed by atoms with Crippen molar-refractivity contribution in [3.05, 3.63) is 181 Å². The van der Waals surface area contributed by atoms with Crippen molar-refractivity contribution in [2.45, 2.75) is 53.0 Å². The Labute approximate surface area is 422 Å². The maximum atomic E-state index is 15.2. The summed E-state index contributed by atoms with van der Waals surface area (Å²) in [5.74, 6) is -0.945. The molecular weight excluding hydrogens is 1040 g/mol. The Morgan fingerprint density at radius 1 is 0.315 bits per heavy atom. The van der Waals surface area contributed by atoms with E-state index in [-0.39, 0.29) is 76.3 Å². The molecule has 0 spiro atoms. The molecule has 2 N–H and O–H groups in total. The molecule has 0 saturated heterocycles. The van der Waals surface area contributed by atoms with Gasteiger partial charge in [0.2, 0.25) is 29.5 Å². The summed E-state index contributed by atoms with van der Waals surface area (Å²) in [7, 11) is -20.1. The summed E-state index contributed by atoms with van der Waals surface area (Å²) >= 11 is 0. The minimum Gasteiger partial charge on any atom is -0.495 e. The predicted molar refractivity (Wildman–Crippen MR) is 268 cm³/mol. The van der Waals surface area contributed by atoms with Crippen molar-refractivity contribution in [2.75, 3.05) is 14.2 Å². The van der Waals surface area contributed by atoms with Crippen LogP contribution < -0.4 is 18.9 Å². The van der Waals surface area contributed by atoms with Crippen LogP contribution in [0.15, 0.2) is 209 Å². The lowest BCUT2D eigenvalue weighted by Gasteiger charge is -2.17. The van der Waals surface area contributed by atoms with Crippen LogP contribution in [-0.2, 0) is 49.7 Å². The van der Waals surface area contributed by atoms with E-state index in [0.717, 1.165) is 23.3 Å². The van der Waals surface area contributed by atoms with Crippen molar-refractivity contribution >= 4 is 49.7 Å². The molecule has 0 fully saturated rings. The summed E-state index contributed by atoms with van der Waals surface area (Å²) in [5.41, 5.74) is 2.18. The van der Waals surface area contributed by atoms with E-state index in [4.69, 9.17) is 18.9 Å². The highest BCUT2D eigenvalue weighted by Gasteiger charge is 2.30. The van der Waals surface area contributed by atoms with E-state index < -0.39 is 69.3 Å². The van der Waals surface area contributed by atoms with E-state index in [2.05, 4.69) is 0 Å². The third-order valence-corrected chi connectivity index (χ3v) is 18.5. The van der Waals surface area contributed by atoms with Gasteiger partial charge < -0.3 is 18.9 Å². The average Bonchev–Trinajstić information content (AvgIpc) is 3.36. The Morgan fingerprint density at radius 3 is 0.904 bits per heavy atom. The third kappa shape index (κ3) is 10.9. The second-order valence-corrected chi connectivity index (χ2v) is 24.9. The van der Waals surface area contributed by atoms with E-state index >= 15 is 8.42 Å². The Bertz CT molecular complexity index is 4010. The van der Waals surface area contributed by atoms with Gasteiger partial charge in [0, 0.05) is 0 Å². The number of benzene rings is 8. The first kappa shape index (κ1) is 52.0. The van der Waals surface area contributed by atoms with E-state index in [1.165, 1.54) is 148 Å². The van der Waals surface area contributed by atoms with Gasteiger partial charge in [-0.05, 0) is 157 Å². The van der Waals surface area contributed by atoms with Gasteiger partial charge in [0.1, 0.15) is 54.1 Å². The van der Waals surface area contributed by atoms with Crippen molar-refractivity contribution in [2.24, 2.45) is 0 Å². The predicted octanol–water partition coefficient (Wildman–Crippen LogP) is 10.2. The second kappa shape index (κ2) is 19.9. The molecule has 0 atom stereocenters. The van der Waals surface area contributed by atoms with Gasteiger partial charge in [-0.25, -0.2) is 25.3 Å². The Hall–Kier alpha value is -7.37. The van der Waals surface area contributed by atoms with Crippen LogP contribution in [0.25, 0.3) is 22.3 Å². The molecule has 8 rings (SSSR count). The molecule has 0 aliphatic heterocycles. The summed E-state index contributed by atoms with van der Waals surface area (Å²) in [5, 5.41) is 0. The van der Waals surface area contributed by atoms with Gasteiger partial charge in [0.05, 0.1) is 33.8 Å². The fourth-order valence-electron chi connectivity index (χ4n) is 7.53. The van der Waals surface area contributed by atoms with Crippen molar-refractivity contribution in [3.8, 4) is 56.8 Å². The molecule has 0 radical (unpaired) electrons. The first-order chi connectivity index (χ1) is 34.4. The molecule has 16 nitrogen and oxygen atoms in total. The molecule has 0 amide bonds. The van der Waals surface area contributed by atoms with Crippen molar-refractivity contribution in [3.63, 3.8) is 0 Å². The van der Waals surface area contributed by atoms with Crippen LogP contribution in [0.4, 0.5) is 0 Å². The fraction of sp³-hybridized carbons (Fsp3) is 0.0769. The molecule has 0 aromatic heterocycles. The lowest BCUT2D eigenvalue weighted by Crippen LogP contribution is -2.07. The molecule has 8 aromatic rings. The maximum absolute atomic E-state index is 15.2. The minimum atomic E-state index is -5.03. The van der Waals surface area contributed by atoms with Gasteiger partial charge in [-0.1, -0.05) is 59.7 Å². The van der Waals surface area contributed by atoms with Crippen molar-refractivity contribution < 1.29 is 70.1 Å². The summed E-state index contributed by atoms with van der Waals surface area (Å²) in [6.07, 6.45) is 0. The molecule has 21 heteroatoms. The Morgan fingerprint density at radius 2 is 0.575 bits per heavy atom. The highest BCUT2D eigenvalue weighted by molar-refractivity contribution is 7.92. The van der Waals surface area contributed by atoms with Crippen LogP contribution in [0.2, 0.25) is 0 Å². The summed E-state index contributed by atoms with van der Waals surface area (Å²) in [6.45, 7) is 3.64. The molecular formula is C52H42O16S5. The SMILES string of the molecule is COc1ccc(-c2ccc(Oc3ccc(S(=O)(=O)c4ccc(C)cc4)cc3)c(S(=O)(=O)c3cc(-c4ccc(Oc5ccc(S(=O)(=O)c6ccc(C)cc6)cc5)c(S(=O)(=O)O)c4)ccc3OC)c2)cc1S(=O)(=O)O. The fourth-order valence-corrected chi connectivity index (χ4v) is 13.0. The third-order valence-electron chi connectivity index (χ3n) is 11.4. The van der Waals surface area contributed by atoms with E-state index in [0.29, 0.717) is 0 Å². The Kier molecular flexibility index (Phi) is 14.2. The van der Waals surface area contributed by atoms with Crippen molar-refractivity contribution in [1.82, 2.24) is 0 Å². The first-order valence-electron chi connectivity index (χ1n) is 21.4. The number of ether oxygens (including phenoxy) is 4.